The van der Waals surface area contributed by atoms with Crippen molar-refractivity contribution in [1.29, 1.82) is 0 Å². The molecule has 1 unspecified atom stereocenters. The van der Waals surface area contributed by atoms with Crippen LogP contribution in [0.3, 0.4) is 0 Å². The normalized spacial score (nSPS) is 12.6. The van der Waals surface area contributed by atoms with Crippen LogP contribution >= 0.6 is 0 Å². The Morgan fingerprint density at radius 1 is 0.253 bits per heavy atom. The zero-order valence-electron chi connectivity index (χ0n) is 55.2. The highest BCUT2D eigenvalue weighted by molar-refractivity contribution is 5.71. The molecule has 0 heterocycles. The van der Waals surface area contributed by atoms with Gasteiger partial charge in [-0.25, -0.2) is 0 Å². The summed E-state index contributed by atoms with van der Waals surface area (Å²) >= 11 is 0. The molecule has 0 aromatic carbocycles. The van der Waals surface area contributed by atoms with Crippen LogP contribution in [-0.2, 0) is 28.6 Å². The van der Waals surface area contributed by atoms with E-state index in [2.05, 4.69) is 106 Å². The molecule has 480 valence electrons. The third kappa shape index (κ3) is 69.3. The molecule has 0 aromatic rings. The van der Waals surface area contributed by atoms with Crippen molar-refractivity contribution >= 4 is 17.9 Å². The first-order chi connectivity index (χ1) is 41.0. The monoisotopic (exact) mass is 1160 g/mol. The topological polar surface area (TPSA) is 78.9 Å². The van der Waals surface area contributed by atoms with E-state index in [0.717, 1.165) is 109 Å². The largest absolute Gasteiger partial charge is 0.462 e. The smallest absolute Gasteiger partial charge is 0.306 e. The molecule has 6 nitrogen and oxygen atoms in total. The average Bonchev–Trinajstić information content (AvgIpc) is 3.49. The van der Waals surface area contributed by atoms with Crippen LogP contribution in [0, 0.1) is 0 Å². The van der Waals surface area contributed by atoms with Crippen LogP contribution in [0.1, 0.15) is 367 Å². The van der Waals surface area contributed by atoms with Gasteiger partial charge in [0.1, 0.15) is 13.2 Å². The highest BCUT2D eigenvalue weighted by Gasteiger charge is 2.19. The number of carbonyl (C=O) groups is 3. The lowest BCUT2D eigenvalue weighted by Gasteiger charge is -2.18. The van der Waals surface area contributed by atoms with Gasteiger partial charge >= 0.3 is 17.9 Å². The molecule has 0 bridgehead atoms. The predicted molar refractivity (Wildman–Crippen MR) is 362 cm³/mol. The van der Waals surface area contributed by atoms with E-state index in [1.165, 1.54) is 218 Å². The third-order valence-electron chi connectivity index (χ3n) is 15.9. The standard InChI is InChI=1S/C77H136O6/c1-4-7-10-13-16-19-22-25-27-29-31-32-33-34-35-36-37-38-39-40-41-42-43-44-46-47-49-52-55-58-61-64-67-70-76(79)82-73-74(72-81-75(78)69-66-63-60-57-54-51-24-21-18-15-12-9-6-3)83-77(80)71-68-65-62-59-56-53-50-48-45-30-28-26-23-20-17-14-11-8-5-2/h7,9-10,12,16,18-19,21,25,27,31-32,51,54,74H,4-6,8,11,13-15,17,20,22-24,26,28-30,33-50,52-53,55-73H2,1-3H3/b10-7-,12-9-,19-16-,21-18-,27-25-,32-31-,54-51-. The summed E-state index contributed by atoms with van der Waals surface area (Å²) in [4.78, 5) is 38.4. The number of hydrogen-bond donors (Lipinski definition) is 0. The fourth-order valence-electron chi connectivity index (χ4n) is 10.6. The van der Waals surface area contributed by atoms with E-state index < -0.39 is 6.10 Å². The van der Waals surface area contributed by atoms with E-state index in [1.54, 1.807) is 0 Å². The van der Waals surface area contributed by atoms with Crippen LogP contribution in [0.15, 0.2) is 85.1 Å². The molecular weight excluding hydrogens is 1020 g/mol. The molecule has 6 heteroatoms. The van der Waals surface area contributed by atoms with E-state index in [-0.39, 0.29) is 31.1 Å². The number of hydrogen-bond acceptors (Lipinski definition) is 6. The molecule has 0 radical (unpaired) electrons. The second-order valence-electron chi connectivity index (χ2n) is 24.1. The Labute approximate surface area is 515 Å². The van der Waals surface area contributed by atoms with Crippen LogP contribution in [0.2, 0.25) is 0 Å². The number of unbranched alkanes of at least 4 members (excludes halogenated alkanes) is 41. The van der Waals surface area contributed by atoms with Crippen LogP contribution in [0.4, 0.5) is 0 Å². The third-order valence-corrected chi connectivity index (χ3v) is 15.9. The summed E-state index contributed by atoms with van der Waals surface area (Å²) in [7, 11) is 0. The molecule has 0 fully saturated rings. The molecule has 0 saturated carbocycles. The molecule has 0 aliphatic heterocycles. The first-order valence-corrected chi connectivity index (χ1v) is 36.1. The number of ether oxygens (including phenoxy) is 3. The summed E-state index contributed by atoms with van der Waals surface area (Å²) < 4.78 is 17.0. The Hall–Kier alpha value is -3.41. The first-order valence-electron chi connectivity index (χ1n) is 36.1. The van der Waals surface area contributed by atoms with Crippen molar-refractivity contribution in [1.82, 2.24) is 0 Å². The van der Waals surface area contributed by atoms with Crippen molar-refractivity contribution < 1.29 is 28.6 Å². The van der Waals surface area contributed by atoms with Gasteiger partial charge in [0.15, 0.2) is 6.10 Å². The number of esters is 3. The second-order valence-corrected chi connectivity index (χ2v) is 24.1. The van der Waals surface area contributed by atoms with E-state index in [4.69, 9.17) is 14.2 Å². The Morgan fingerprint density at radius 2 is 0.470 bits per heavy atom. The molecule has 0 rings (SSSR count). The van der Waals surface area contributed by atoms with Gasteiger partial charge in [-0.15, -0.1) is 0 Å². The summed E-state index contributed by atoms with van der Waals surface area (Å²) in [5.41, 5.74) is 0. The lowest BCUT2D eigenvalue weighted by Crippen LogP contribution is -2.30. The molecule has 0 saturated heterocycles. The zero-order valence-corrected chi connectivity index (χ0v) is 55.2. The Bertz CT molecular complexity index is 1570. The van der Waals surface area contributed by atoms with Gasteiger partial charge in [-0.1, -0.05) is 343 Å². The van der Waals surface area contributed by atoms with Crippen molar-refractivity contribution in [3.05, 3.63) is 85.1 Å². The van der Waals surface area contributed by atoms with Gasteiger partial charge in [-0.05, 0) is 89.9 Å². The molecule has 83 heavy (non-hydrogen) atoms. The van der Waals surface area contributed by atoms with Gasteiger partial charge in [0, 0.05) is 19.3 Å². The van der Waals surface area contributed by atoms with Crippen LogP contribution in [0.5, 0.6) is 0 Å². The lowest BCUT2D eigenvalue weighted by atomic mass is 10.0. The molecule has 1 atom stereocenters. The number of carbonyl (C=O) groups excluding carboxylic acids is 3. The second kappa shape index (κ2) is 71.1. The molecule has 0 aromatic heterocycles. The van der Waals surface area contributed by atoms with Crippen LogP contribution < -0.4 is 0 Å². The first kappa shape index (κ1) is 79.6. The van der Waals surface area contributed by atoms with Crippen molar-refractivity contribution in [2.45, 2.75) is 374 Å². The van der Waals surface area contributed by atoms with Gasteiger partial charge < -0.3 is 14.2 Å². The van der Waals surface area contributed by atoms with Crippen molar-refractivity contribution in [2.75, 3.05) is 13.2 Å². The Kier molecular flexibility index (Phi) is 68.2. The maximum atomic E-state index is 12.9. The summed E-state index contributed by atoms with van der Waals surface area (Å²) in [6.45, 7) is 6.44. The van der Waals surface area contributed by atoms with Crippen LogP contribution in [-0.4, -0.2) is 37.2 Å². The van der Waals surface area contributed by atoms with Crippen molar-refractivity contribution in [2.24, 2.45) is 0 Å². The summed E-state index contributed by atoms with van der Waals surface area (Å²) in [6.07, 6.45) is 94.9. The van der Waals surface area contributed by atoms with Gasteiger partial charge in [-0.2, -0.15) is 0 Å². The SMILES string of the molecule is CC/C=C\C/C=C\C/C=C\C/C=C\CCCCCCCCCCCCCCCCCCCCCCC(=O)OCC(COC(=O)CCCCC/C=C\C/C=C\C/C=C\CC)OC(=O)CCCCCCCCCCCCCCCCCCCCC. The molecule has 0 amide bonds. The van der Waals surface area contributed by atoms with Gasteiger partial charge in [-0.3, -0.25) is 14.4 Å². The summed E-state index contributed by atoms with van der Waals surface area (Å²) in [5, 5.41) is 0. The minimum Gasteiger partial charge on any atom is -0.462 e. The average molecular weight is 1160 g/mol. The van der Waals surface area contributed by atoms with E-state index in [0.29, 0.717) is 19.3 Å². The van der Waals surface area contributed by atoms with Crippen molar-refractivity contribution in [3.8, 4) is 0 Å². The minimum atomic E-state index is -0.786. The van der Waals surface area contributed by atoms with E-state index in [9.17, 15) is 14.4 Å². The Balaban J connectivity index is 4.16. The quantitative estimate of drug-likeness (QED) is 0.0261. The van der Waals surface area contributed by atoms with Gasteiger partial charge in [0.05, 0.1) is 0 Å². The maximum Gasteiger partial charge on any atom is 0.306 e. The summed E-state index contributed by atoms with van der Waals surface area (Å²) in [5.74, 6) is -0.888. The number of allylic oxidation sites excluding steroid dienone is 14. The van der Waals surface area contributed by atoms with E-state index >= 15 is 0 Å². The summed E-state index contributed by atoms with van der Waals surface area (Å²) in [6, 6.07) is 0. The molecule has 0 aliphatic carbocycles. The fraction of sp³-hybridized carbons (Fsp3) is 0.779. The highest BCUT2D eigenvalue weighted by atomic mass is 16.6. The molecular formula is C77H136O6. The highest BCUT2D eigenvalue weighted by Crippen LogP contribution is 2.18. The molecule has 0 spiro atoms. The molecule has 0 N–H and O–H groups in total. The minimum absolute atomic E-state index is 0.0800. The number of rotatable bonds is 66. The lowest BCUT2D eigenvalue weighted by molar-refractivity contribution is -0.167. The fourth-order valence-corrected chi connectivity index (χ4v) is 10.6. The van der Waals surface area contributed by atoms with E-state index in [1.807, 2.05) is 0 Å². The Morgan fingerprint density at radius 3 is 0.747 bits per heavy atom. The molecule has 0 aliphatic rings. The van der Waals surface area contributed by atoms with Gasteiger partial charge in [0.2, 0.25) is 0 Å². The maximum absolute atomic E-state index is 12.9. The van der Waals surface area contributed by atoms with Crippen LogP contribution in [0.25, 0.3) is 0 Å². The zero-order chi connectivity index (χ0) is 59.9. The van der Waals surface area contributed by atoms with Crippen molar-refractivity contribution in [3.63, 3.8) is 0 Å². The predicted octanol–water partition coefficient (Wildman–Crippen LogP) is 25.0. The van der Waals surface area contributed by atoms with Gasteiger partial charge in [0.25, 0.3) is 0 Å².